The van der Waals surface area contributed by atoms with E-state index in [0.29, 0.717) is 6.10 Å². The molecule has 1 aliphatic heterocycles. The fourth-order valence-electron chi connectivity index (χ4n) is 0.0962. The quantitative estimate of drug-likeness (QED) is 0.591. The minimum atomic E-state index is -0.366. The van der Waals surface area contributed by atoms with Crippen molar-refractivity contribution < 1.29 is 42.6 Å². The van der Waals surface area contributed by atoms with Crippen LogP contribution in [0.2, 0.25) is 0 Å². The Bertz CT molecular complexity index is 64.6. The molecule has 15 heavy (non-hydrogen) atoms. The second-order valence-corrected chi connectivity index (χ2v) is 2.21. The molecule has 0 amide bonds. The van der Waals surface area contributed by atoms with E-state index in [0.717, 1.165) is 13.0 Å². The van der Waals surface area contributed by atoms with E-state index >= 15 is 0 Å². The molecule has 0 aromatic heterocycles. The Morgan fingerprint density at radius 3 is 1.47 bits per heavy atom. The van der Waals surface area contributed by atoms with Gasteiger partial charge in [0, 0.05) is 32.7 Å². The van der Waals surface area contributed by atoms with Crippen molar-refractivity contribution in [2.75, 3.05) is 6.61 Å². The molecule has 1 aliphatic rings. The second-order valence-electron chi connectivity index (χ2n) is 2.21. The van der Waals surface area contributed by atoms with Crippen molar-refractivity contribution in [1.82, 2.24) is 0 Å². The van der Waals surface area contributed by atoms with Crippen molar-refractivity contribution in [3.63, 3.8) is 0 Å². The first kappa shape index (κ1) is 29.8. The van der Waals surface area contributed by atoms with E-state index in [1.165, 1.54) is 0 Å². The van der Waals surface area contributed by atoms with Gasteiger partial charge in [0.05, 0.1) is 12.7 Å². The molecule has 1 radical (unpaired) electrons. The number of rotatable bonds is 1. The second kappa shape index (κ2) is 29.4. The topological polar surface area (TPSA) is 32.8 Å². The monoisotopic (exact) mass is 296 g/mol. The van der Waals surface area contributed by atoms with Crippen molar-refractivity contribution >= 4 is 0 Å². The van der Waals surface area contributed by atoms with Crippen LogP contribution < -0.4 is 0 Å². The molecule has 0 aliphatic carbocycles. The van der Waals surface area contributed by atoms with Gasteiger partial charge in [-0.25, -0.2) is 0 Å². The van der Waals surface area contributed by atoms with Crippen molar-refractivity contribution in [1.29, 1.82) is 0 Å². The standard InChI is InChI=1S/C4H9O.C3H6O.2C2H6.CH4.Y/c1-3-4(2)5;1-3-2-4-3;2*1-2;;/h4-5H,2-3H2,1H3;3H,2H2,1H3;2*1-2H3;1H4;/q-1;;;;;. The van der Waals surface area contributed by atoms with Crippen LogP contribution in [0.5, 0.6) is 0 Å². The first-order valence-electron chi connectivity index (χ1n) is 5.29. The zero-order valence-corrected chi connectivity index (χ0v) is 13.5. The molecule has 1 saturated heterocycles. The number of ether oxygens (including phenoxy) is 1. The van der Waals surface area contributed by atoms with Gasteiger partial charge in [0.15, 0.2) is 0 Å². The molecule has 0 bridgehead atoms. The number of aliphatic hydroxyl groups is 1. The third-order valence-electron chi connectivity index (χ3n) is 0.971. The van der Waals surface area contributed by atoms with Gasteiger partial charge in [0.25, 0.3) is 0 Å². The molecule has 0 aromatic rings. The Labute approximate surface area is 123 Å². The smallest absolute Gasteiger partial charge is 0.0781 e. The van der Waals surface area contributed by atoms with Gasteiger partial charge in [-0.3, -0.25) is 0 Å². The molecule has 2 nitrogen and oxygen atoms in total. The molecule has 0 spiro atoms. The van der Waals surface area contributed by atoms with Gasteiger partial charge in [-0.1, -0.05) is 54.6 Å². The van der Waals surface area contributed by atoms with Crippen LogP contribution in [0.4, 0.5) is 0 Å². The summed E-state index contributed by atoms with van der Waals surface area (Å²) in [4.78, 5) is 0. The average molecular weight is 296 g/mol. The third-order valence-corrected chi connectivity index (χ3v) is 0.971. The van der Waals surface area contributed by atoms with Crippen LogP contribution in [-0.4, -0.2) is 23.9 Å². The maximum atomic E-state index is 8.25. The van der Waals surface area contributed by atoms with Crippen molar-refractivity contribution in [2.45, 2.75) is 67.6 Å². The summed E-state index contributed by atoms with van der Waals surface area (Å²) >= 11 is 0. The summed E-state index contributed by atoms with van der Waals surface area (Å²) in [6.07, 6.45) is 0.968. The molecule has 0 aromatic carbocycles. The summed E-state index contributed by atoms with van der Waals surface area (Å²) < 4.78 is 4.71. The molecule has 1 heterocycles. The van der Waals surface area contributed by atoms with Crippen LogP contribution in [0.25, 0.3) is 0 Å². The summed E-state index contributed by atoms with van der Waals surface area (Å²) in [5.41, 5.74) is 0. The molecule has 2 atom stereocenters. The number of hydrogen-bond donors (Lipinski definition) is 1. The van der Waals surface area contributed by atoms with Crippen LogP contribution >= 0.6 is 0 Å². The molecule has 2 unspecified atom stereocenters. The largest absolute Gasteiger partial charge is 0.425 e. The van der Waals surface area contributed by atoms with Crippen molar-refractivity contribution in [3.05, 3.63) is 6.92 Å². The summed E-state index contributed by atoms with van der Waals surface area (Å²) in [6.45, 7) is 16.2. The van der Waals surface area contributed by atoms with Gasteiger partial charge in [-0.15, -0.1) is 0 Å². The molecule has 1 N–H and O–H groups in total. The average Bonchev–Trinajstić information content (AvgIpc) is 2.95. The zero-order valence-electron chi connectivity index (χ0n) is 10.7. The summed E-state index contributed by atoms with van der Waals surface area (Å²) in [6, 6.07) is 0. The van der Waals surface area contributed by atoms with Gasteiger partial charge in [-0.05, 0) is 6.92 Å². The van der Waals surface area contributed by atoms with Crippen LogP contribution in [0.1, 0.15) is 55.4 Å². The van der Waals surface area contributed by atoms with Crippen LogP contribution in [0.3, 0.4) is 0 Å². The zero-order chi connectivity index (χ0) is 11.3. The van der Waals surface area contributed by atoms with E-state index in [9.17, 15) is 0 Å². The first-order chi connectivity index (χ1) is 6.16. The maximum absolute atomic E-state index is 8.25. The normalized spacial score (nSPS) is 16.4. The Morgan fingerprint density at radius 2 is 1.47 bits per heavy atom. The number of hydrogen-bond acceptors (Lipinski definition) is 2. The number of aliphatic hydroxyl groups excluding tert-OH is 1. The Morgan fingerprint density at radius 1 is 1.33 bits per heavy atom. The number of epoxide rings is 1. The fourth-order valence-corrected chi connectivity index (χ4v) is 0.0962. The Kier molecular flexibility index (Phi) is 58.3. The Hall–Kier alpha value is 1.02. The molecule has 1 rings (SSSR count). The van der Waals surface area contributed by atoms with Crippen LogP contribution in [0.15, 0.2) is 0 Å². The minimum absolute atomic E-state index is 0. The fraction of sp³-hybridized carbons (Fsp3) is 0.917. The van der Waals surface area contributed by atoms with E-state index < -0.39 is 0 Å². The van der Waals surface area contributed by atoms with E-state index in [1.807, 2.05) is 34.6 Å². The van der Waals surface area contributed by atoms with Crippen molar-refractivity contribution in [3.8, 4) is 0 Å². The van der Waals surface area contributed by atoms with E-state index in [4.69, 9.17) is 9.84 Å². The molecule has 3 heteroatoms. The summed E-state index contributed by atoms with van der Waals surface area (Å²) in [5.74, 6) is 0. The predicted molar refractivity (Wildman–Crippen MR) is 66.5 cm³/mol. The minimum Gasteiger partial charge on any atom is -0.425 e. The van der Waals surface area contributed by atoms with E-state index in [-0.39, 0.29) is 46.2 Å². The van der Waals surface area contributed by atoms with Gasteiger partial charge < -0.3 is 16.8 Å². The maximum Gasteiger partial charge on any atom is 0.0781 e. The molecular weight excluding hydrogens is 265 g/mol. The summed E-state index contributed by atoms with van der Waals surface area (Å²) in [7, 11) is 0. The molecule has 0 saturated carbocycles. The van der Waals surface area contributed by atoms with Crippen LogP contribution in [0, 0.1) is 6.92 Å². The third kappa shape index (κ3) is 70.2. The summed E-state index contributed by atoms with van der Waals surface area (Å²) in [5, 5.41) is 8.25. The van der Waals surface area contributed by atoms with E-state index in [1.54, 1.807) is 0 Å². The van der Waals surface area contributed by atoms with Gasteiger partial charge in [-0.2, -0.15) is 0 Å². The van der Waals surface area contributed by atoms with E-state index in [2.05, 4.69) is 13.8 Å². The van der Waals surface area contributed by atoms with Gasteiger partial charge in [0.2, 0.25) is 0 Å². The molecule has 95 valence electrons. The van der Waals surface area contributed by atoms with Crippen molar-refractivity contribution in [2.24, 2.45) is 0 Å². The van der Waals surface area contributed by atoms with Crippen LogP contribution in [-0.2, 0) is 37.4 Å². The first-order valence-corrected chi connectivity index (χ1v) is 5.29. The van der Waals surface area contributed by atoms with Gasteiger partial charge in [0.1, 0.15) is 0 Å². The molecule has 1 fully saturated rings. The SMILES string of the molecule is C.CC.CC.CC1CO1.[CH2-]C(O)CC.[Y]. The van der Waals surface area contributed by atoms with Gasteiger partial charge >= 0.3 is 0 Å². The Balaban J connectivity index is -0.0000000306. The molecular formula is C12H31O2Y-. The predicted octanol–water partition coefficient (Wildman–Crippen LogP) is 3.68.